The highest BCUT2D eigenvalue weighted by atomic mass is 16.4. The third kappa shape index (κ3) is 1.40. The van der Waals surface area contributed by atoms with Crippen molar-refractivity contribution in [1.82, 2.24) is 0 Å². The van der Waals surface area contributed by atoms with Gasteiger partial charge in [0.2, 0.25) is 0 Å². The van der Waals surface area contributed by atoms with E-state index in [1.165, 1.54) is 0 Å². The summed E-state index contributed by atoms with van der Waals surface area (Å²) in [4.78, 5) is 10.5. The van der Waals surface area contributed by atoms with Crippen molar-refractivity contribution in [3.8, 4) is 11.3 Å². The molecule has 0 radical (unpaired) electrons. The first-order valence-electron chi connectivity index (χ1n) is 3.94. The van der Waals surface area contributed by atoms with Gasteiger partial charge in [-0.15, -0.1) is 0 Å². The summed E-state index contributed by atoms with van der Waals surface area (Å²) in [7, 11) is 0. The van der Waals surface area contributed by atoms with E-state index in [4.69, 9.17) is 9.52 Å². The summed E-state index contributed by atoms with van der Waals surface area (Å²) in [5.41, 5.74) is 1.68. The van der Waals surface area contributed by atoms with Crippen LogP contribution in [0.1, 0.15) is 5.56 Å². The first kappa shape index (κ1) is 7.86. The summed E-state index contributed by atoms with van der Waals surface area (Å²) < 4.78 is 5.18. The molecule has 0 fully saturated rings. The summed E-state index contributed by atoms with van der Waals surface area (Å²) >= 11 is 0. The van der Waals surface area contributed by atoms with Gasteiger partial charge in [-0.3, -0.25) is 4.79 Å². The van der Waals surface area contributed by atoms with E-state index < -0.39 is 5.97 Å². The van der Waals surface area contributed by atoms with Gasteiger partial charge in [0, 0.05) is 5.56 Å². The molecule has 0 amide bonds. The smallest absolute Gasteiger partial charge is 0.307 e. The van der Waals surface area contributed by atoms with Crippen molar-refractivity contribution >= 4 is 5.97 Å². The molecule has 0 spiro atoms. The van der Waals surface area contributed by atoms with E-state index >= 15 is 0 Å². The normalized spacial score (nSPS) is 10.5. The van der Waals surface area contributed by atoms with Crippen molar-refractivity contribution in [2.24, 2.45) is 0 Å². The van der Waals surface area contributed by atoms with Gasteiger partial charge in [0.25, 0.3) is 0 Å². The molecular formula is C10H8O3. The molecule has 1 N–H and O–H groups in total. The average molecular weight is 176 g/mol. The van der Waals surface area contributed by atoms with Gasteiger partial charge in [-0.25, -0.2) is 0 Å². The lowest BCUT2D eigenvalue weighted by Gasteiger charge is -1.99. The Morgan fingerprint density at radius 2 is 2.23 bits per heavy atom. The Morgan fingerprint density at radius 3 is 3.00 bits per heavy atom. The molecule has 0 saturated carbocycles. The Morgan fingerprint density at radius 1 is 1.38 bits per heavy atom. The highest BCUT2D eigenvalue weighted by Gasteiger charge is 2.12. The van der Waals surface area contributed by atoms with Crippen LogP contribution in [0.25, 0.3) is 11.3 Å². The summed E-state index contributed by atoms with van der Waals surface area (Å²) in [6, 6.07) is 7.18. The van der Waals surface area contributed by atoms with Gasteiger partial charge in [-0.2, -0.15) is 0 Å². The molecule has 1 heterocycles. The number of hydrogen-bond donors (Lipinski definition) is 1. The fourth-order valence-electron chi connectivity index (χ4n) is 1.37. The zero-order chi connectivity index (χ0) is 9.26. The molecule has 0 atom stereocenters. The first-order chi connectivity index (χ1) is 6.27. The van der Waals surface area contributed by atoms with Crippen molar-refractivity contribution in [1.29, 1.82) is 0 Å². The number of fused-ring (bicyclic) bond motifs is 1. The molecule has 0 aromatic heterocycles. The van der Waals surface area contributed by atoms with Crippen LogP contribution in [0.5, 0.6) is 0 Å². The van der Waals surface area contributed by atoms with Crippen molar-refractivity contribution in [3.63, 3.8) is 0 Å². The first-order valence-corrected chi connectivity index (χ1v) is 3.94. The van der Waals surface area contributed by atoms with Gasteiger partial charge >= 0.3 is 5.97 Å². The van der Waals surface area contributed by atoms with Gasteiger partial charge in [0.1, 0.15) is 5.76 Å². The minimum absolute atomic E-state index is 0.0447. The quantitative estimate of drug-likeness (QED) is 0.761. The third-order valence-electron chi connectivity index (χ3n) is 1.93. The Balaban J connectivity index is 2.43. The predicted octanol–water partition coefficient (Wildman–Crippen LogP) is 2.01. The molecular weight excluding hydrogens is 168 g/mol. The van der Waals surface area contributed by atoms with E-state index in [1.54, 1.807) is 24.5 Å². The van der Waals surface area contributed by atoms with Gasteiger partial charge < -0.3 is 9.52 Å². The van der Waals surface area contributed by atoms with Gasteiger partial charge in [-0.05, 0) is 23.8 Å². The SMILES string of the molecule is O=C(O)Cc1ccc2occcc1-2. The highest BCUT2D eigenvalue weighted by Crippen LogP contribution is 2.27. The van der Waals surface area contributed by atoms with E-state index in [1.807, 2.05) is 6.07 Å². The Labute approximate surface area is 74.9 Å². The van der Waals surface area contributed by atoms with Gasteiger partial charge in [0.05, 0.1) is 12.7 Å². The van der Waals surface area contributed by atoms with Crippen molar-refractivity contribution in [2.45, 2.75) is 6.42 Å². The minimum Gasteiger partial charge on any atom is -0.481 e. The van der Waals surface area contributed by atoms with Crippen LogP contribution in [0.4, 0.5) is 0 Å². The maximum absolute atomic E-state index is 10.5. The second-order valence-corrected chi connectivity index (χ2v) is 2.82. The molecule has 3 heteroatoms. The molecule has 66 valence electrons. The van der Waals surface area contributed by atoms with Crippen molar-refractivity contribution in [3.05, 3.63) is 36.1 Å². The molecule has 13 heavy (non-hydrogen) atoms. The Hall–Kier alpha value is -1.77. The molecule has 0 aromatic carbocycles. The maximum Gasteiger partial charge on any atom is 0.307 e. The predicted molar refractivity (Wildman–Crippen MR) is 46.7 cm³/mol. The number of carboxylic acid groups (broad SMARTS) is 1. The molecule has 3 nitrogen and oxygen atoms in total. The van der Waals surface area contributed by atoms with Crippen LogP contribution >= 0.6 is 0 Å². The third-order valence-corrected chi connectivity index (χ3v) is 1.93. The molecule has 0 aromatic rings. The lowest BCUT2D eigenvalue weighted by Crippen LogP contribution is -1.99. The largest absolute Gasteiger partial charge is 0.481 e. The van der Waals surface area contributed by atoms with Crippen LogP contribution in [0, 0.1) is 0 Å². The fourth-order valence-corrected chi connectivity index (χ4v) is 1.37. The molecule has 2 rings (SSSR count). The van der Waals surface area contributed by atoms with Crippen LogP contribution in [-0.4, -0.2) is 11.1 Å². The van der Waals surface area contributed by atoms with Crippen LogP contribution in [0.15, 0.2) is 34.9 Å². The highest BCUT2D eigenvalue weighted by molar-refractivity contribution is 5.76. The van der Waals surface area contributed by atoms with E-state index in [9.17, 15) is 4.79 Å². The Kier molecular flexibility index (Phi) is 1.77. The lowest BCUT2D eigenvalue weighted by molar-refractivity contribution is -0.136. The van der Waals surface area contributed by atoms with E-state index in [-0.39, 0.29) is 6.42 Å². The van der Waals surface area contributed by atoms with Crippen molar-refractivity contribution in [2.75, 3.05) is 0 Å². The van der Waals surface area contributed by atoms with E-state index in [0.29, 0.717) is 0 Å². The number of carboxylic acids is 1. The van der Waals surface area contributed by atoms with Crippen LogP contribution < -0.4 is 0 Å². The summed E-state index contributed by atoms with van der Waals surface area (Å²) in [6.45, 7) is 0. The number of carbonyl (C=O) groups is 1. The second-order valence-electron chi connectivity index (χ2n) is 2.82. The number of rotatable bonds is 2. The molecule has 0 saturated heterocycles. The Bertz CT molecular complexity index is 403. The van der Waals surface area contributed by atoms with Crippen LogP contribution in [-0.2, 0) is 11.2 Å². The standard InChI is InChI=1S/C10H8O3/c11-10(12)6-7-3-4-9-8(7)2-1-5-13-9/h1-5H,6H2,(H,11,12). The zero-order valence-corrected chi connectivity index (χ0v) is 6.86. The molecule has 1 aliphatic heterocycles. The van der Waals surface area contributed by atoms with Crippen molar-refractivity contribution < 1.29 is 14.3 Å². The molecule has 1 aliphatic carbocycles. The van der Waals surface area contributed by atoms with Crippen LogP contribution in [0.2, 0.25) is 0 Å². The van der Waals surface area contributed by atoms with E-state index in [2.05, 4.69) is 0 Å². The fraction of sp³-hybridized carbons (Fsp3) is 0.100. The zero-order valence-electron chi connectivity index (χ0n) is 6.86. The number of hydrogen-bond acceptors (Lipinski definition) is 2. The molecule has 2 aliphatic rings. The van der Waals surface area contributed by atoms with Gasteiger partial charge in [-0.1, -0.05) is 6.07 Å². The van der Waals surface area contributed by atoms with E-state index in [0.717, 1.165) is 16.9 Å². The lowest BCUT2D eigenvalue weighted by atomic mass is 10.1. The summed E-state index contributed by atoms with van der Waals surface area (Å²) in [5.74, 6) is -0.0879. The second kappa shape index (κ2) is 2.94. The minimum atomic E-state index is -0.823. The molecule has 0 unspecified atom stereocenters. The van der Waals surface area contributed by atoms with Crippen LogP contribution in [0.3, 0.4) is 0 Å². The van der Waals surface area contributed by atoms with Gasteiger partial charge in [0.15, 0.2) is 0 Å². The summed E-state index contributed by atoms with van der Waals surface area (Å²) in [5, 5.41) is 8.61. The topological polar surface area (TPSA) is 50.4 Å². The maximum atomic E-state index is 10.5. The summed E-state index contributed by atoms with van der Waals surface area (Å²) in [6.07, 6.45) is 1.62. The monoisotopic (exact) mass is 176 g/mol. The number of aliphatic carboxylic acids is 1. The average Bonchev–Trinajstić information content (AvgIpc) is 2.48. The molecule has 0 bridgehead atoms.